The summed E-state index contributed by atoms with van der Waals surface area (Å²) >= 11 is 0. The number of furan rings is 1. The smallest absolute Gasteiger partial charge is 0.372 e. The van der Waals surface area contributed by atoms with E-state index in [9.17, 15) is 9.59 Å². The second kappa shape index (κ2) is 6.09. The zero-order valence-electron chi connectivity index (χ0n) is 11.8. The van der Waals surface area contributed by atoms with Gasteiger partial charge >= 0.3 is 5.97 Å². The van der Waals surface area contributed by atoms with Crippen LogP contribution in [0.3, 0.4) is 0 Å². The number of carbonyl (C=O) groups is 2. The number of aromatic carboxylic acids is 1. The Kier molecular flexibility index (Phi) is 4.44. The van der Waals surface area contributed by atoms with Crippen LogP contribution in [-0.4, -0.2) is 41.5 Å². The van der Waals surface area contributed by atoms with Gasteiger partial charge in [0.05, 0.1) is 12.6 Å². The summed E-state index contributed by atoms with van der Waals surface area (Å²) in [5.41, 5.74) is 0.612. The Bertz CT molecular complexity index is 509. The van der Waals surface area contributed by atoms with E-state index in [0.29, 0.717) is 17.9 Å². The molecule has 1 unspecified atom stereocenters. The zero-order chi connectivity index (χ0) is 14.7. The van der Waals surface area contributed by atoms with Crippen molar-refractivity contribution in [2.45, 2.75) is 38.8 Å². The van der Waals surface area contributed by atoms with Crippen LogP contribution in [0.1, 0.15) is 41.1 Å². The molecule has 0 aliphatic carbocycles. The van der Waals surface area contributed by atoms with Crippen LogP contribution < -0.4 is 5.32 Å². The monoisotopic (exact) mass is 280 g/mol. The maximum absolute atomic E-state index is 11.9. The fraction of sp³-hybridized carbons (Fsp3) is 0.571. The summed E-state index contributed by atoms with van der Waals surface area (Å²) in [4.78, 5) is 24.9. The van der Waals surface area contributed by atoms with Crippen LogP contribution in [0.15, 0.2) is 10.5 Å². The van der Waals surface area contributed by atoms with Crippen molar-refractivity contribution in [2.24, 2.45) is 0 Å². The summed E-state index contributed by atoms with van der Waals surface area (Å²) in [7, 11) is 1.63. The standard InChI is InChI=1S/C14H20N2O4/c1-9-7-10(20-12(9)14(18)19)8-16-6-4-3-5-11(16)13(17)15-2/h7,11H,3-6,8H2,1-2H3,(H,15,17)(H,18,19). The lowest BCUT2D eigenvalue weighted by Gasteiger charge is -2.33. The van der Waals surface area contributed by atoms with Gasteiger partial charge in [-0.1, -0.05) is 6.42 Å². The van der Waals surface area contributed by atoms with E-state index in [2.05, 4.69) is 5.32 Å². The summed E-state index contributed by atoms with van der Waals surface area (Å²) in [6.45, 7) is 3.00. The third-order valence-electron chi connectivity index (χ3n) is 3.68. The molecule has 20 heavy (non-hydrogen) atoms. The summed E-state index contributed by atoms with van der Waals surface area (Å²) in [5.74, 6) is -0.481. The van der Waals surface area contributed by atoms with Crippen molar-refractivity contribution >= 4 is 11.9 Å². The Balaban J connectivity index is 2.12. The first-order chi connectivity index (χ1) is 9.52. The van der Waals surface area contributed by atoms with Gasteiger partial charge in [-0.05, 0) is 32.4 Å². The molecule has 1 saturated heterocycles. The van der Waals surface area contributed by atoms with Crippen LogP contribution in [0, 0.1) is 6.92 Å². The van der Waals surface area contributed by atoms with Gasteiger partial charge in [0.25, 0.3) is 0 Å². The maximum atomic E-state index is 11.9. The number of hydrogen-bond donors (Lipinski definition) is 2. The predicted octanol–water partition coefficient (Wildman–Crippen LogP) is 1.39. The van der Waals surface area contributed by atoms with Crippen LogP contribution in [0.2, 0.25) is 0 Å². The highest BCUT2D eigenvalue weighted by Gasteiger charge is 2.29. The molecule has 1 aliphatic rings. The molecule has 1 aromatic rings. The van der Waals surface area contributed by atoms with E-state index in [1.165, 1.54) is 0 Å². The van der Waals surface area contributed by atoms with Crippen LogP contribution in [0.5, 0.6) is 0 Å². The van der Waals surface area contributed by atoms with Crippen molar-refractivity contribution < 1.29 is 19.1 Å². The molecule has 1 aliphatic heterocycles. The molecule has 0 bridgehead atoms. The van der Waals surface area contributed by atoms with Crippen molar-refractivity contribution in [3.05, 3.63) is 23.2 Å². The Morgan fingerprint density at radius 2 is 2.25 bits per heavy atom. The van der Waals surface area contributed by atoms with E-state index < -0.39 is 5.97 Å². The molecule has 2 N–H and O–H groups in total. The number of hydrogen-bond acceptors (Lipinski definition) is 4. The molecule has 0 saturated carbocycles. The van der Waals surface area contributed by atoms with Crippen LogP contribution >= 0.6 is 0 Å². The zero-order valence-corrected chi connectivity index (χ0v) is 11.8. The fourth-order valence-electron chi connectivity index (χ4n) is 2.68. The lowest BCUT2D eigenvalue weighted by atomic mass is 10.0. The highest BCUT2D eigenvalue weighted by molar-refractivity contribution is 5.86. The number of carboxylic acids is 1. The van der Waals surface area contributed by atoms with E-state index in [1.54, 1.807) is 20.0 Å². The third kappa shape index (κ3) is 3.01. The SMILES string of the molecule is CNC(=O)C1CCCCN1Cc1cc(C)c(C(=O)O)o1. The average molecular weight is 280 g/mol. The van der Waals surface area contributed by atoms with E-state index in [0.717, 1.165) is 25.8 Å². The quantitative estimate of drug-likeness (QED) is 0.870. The van der Waals surface area contributed by atoms with Crippen molar-refractivity contribution in [1.29, 1.82) is 0 Å². The number of likely N-dealkylation sites (N-methyl/N-ethyl adjacent to an activating group) is 1. The van der Waals surface area contributed by atoms with Crippen molar-refractivity contribution in [1.82, 2.24) is 10.2 Å². The van der Waals surface area contributed by atoms with Crippen molar-refractivity contribution in [3.63, 3.8) is 0 Å². The number of carbonyl (C=O) groups excluding carboxylic acids is 1. The Labute approximate surface area is 117 Å². The Morgan fingerprint density at radius 3 is 2.85 bits per heavy atom. The predicted molar refractivity (Wildman–Crippen MR) is 72.5 cm³/mol. The van der Waals surface area contributed by atoms with Gasteiger partial charge in [-0.25, -0.2) is 4.79 Å². The van der Waals surface area contributed by atoms with Crippen LogP contribution in [0.4, 0.5) is 0 Å². The maximum Gasteiger partial charge on any atom is 0.372 e. The van der Waals surface area contributed by atoms with E-state index >= 15 is 0 Å². The highest BCUT2D eigenvalue weighted by atomic mass is 16.4. The molecule has 1 atom stereocenters. The number of carboxylic acid groups (broad SMARTS) is 1. The summed E-state index contributed by atoms with van der Waals surface area (Å²) in [6.07, 6.45) is 2.90. The first-order valence-corrected chi connectivity index (χ1v) is 6.81. The summed E-state index contributed by atoms with van der Waals surface area (Å²) < 4.78 is 5.37. The first kappa shape index (κ1) is 14.6. The topological polar surface area (TPSA) is 82.8 Å². The van der Waals surface area contributed by atoms with Gasteiger partial charge in [-0.3, -0.25) is 9.69 Å². The largest absolute Gasteiger partial charge is 0.475 e. The second-order valence-electron chi connectivity index (χ2n) is 5.13. The van der Waals surface area contributed by atoms with Gasteiger partial charge in [0.1, 0.15) is 5.76 Å². The molecule has 6 nitrogen and oxygen atoms in total. The molecule has 0 radical (unpaired) electrons. The number of nitrogens with one attached hydrogen (secondary N) is 1. The fourth-order valence-corrected chi connectivity index (χ4v) is 2.68. The lowest BCUT2D eigenvalue weighted by Crippen LogP contribution is -2.48. The molecule has 6 heteroatoms. The number of likely N-dealkylation sites (tertiary alicyclic amines) is 1. The average Bonchev–Trinajstić information content (AvgIpc) is 2.79. The first-order valence-electron chi connectivity index (χ1n) is 6.81. The molecule has 2 heterocycles. The molecular weight excluding hydrogens is 260 g/mol. The van der Waals surface area contributed by atoms with Gasteiger partial charge in [-0.15, -0.1) is 0 Å². The highest BCUT2D eigenvalue weighted by Crippen LogP contribution is 2.22. The molecule has 110 valence electrons. The number of nitrogens with zero attached hydrogens (tertiary/aromatic N) is 1. The van der Waals surface area contributed by atoms with E-state index in [4.69, 9.17) is 9.52 Å². The molecular formula is C14H20N2O4. The number of amides is 1. The van der Waals surface area contributed by atoms with Gasteiger partial charge < -0.3 is 14.8 Å². The molecule has 1 amide bonds. The van der Waals surface area contributed by atoms with Crippen LogP contribution in [0.25, 0.3) is 0 Å². The van der Waals surface area contributed by atoms with Gasteiger partial charge in [0.2, 0.25) is 11.7 Å². The minimum atomic E-state index is -1.06. The molecule has 1 fully saturated rings. The molecule has 1 aromatic heterocycles. The Morgan fingerprint density at radius 1 is 1.50 bits per heavy atom. The third-order valence-corrected chi connectivity index (χ3v) is 3.68. The Hall–Kier alpha value is -1.82. The van der Waals surface area contributed by atoms with Crippen LogP contribution in [-0.2, 0) is 11.3 Å². The van der Waals surface area contributed by atoms with Crippen molar-refractivity contribution in [2.75, 3.05) is 13.6 Å². The summed E-state index contributed by atoms with van der Waals surface area (Å²) in [5, 5.41) is 11.7. The van der Waals surface area contributed by atoms with E-state index in [1.807, 2.05) is 4.90 Å². The van der Waals surface area contributed by atoms with Gasteiger partial charge in [0.15, 0.2) is 0 Å². The minimum absolute atomic E-state index is 0.00596. The molecule has 0 spiro atoms. The molecule has 0 aromatic carbocycles. The van der Waals surface area contributed by atoms with Gasteiger partial charge in [-0.2, -0.15) is 0 Å². The summed E-state index contributed by atoms with van der Waals surface area (Å²) in [6, 6.07) is 1.58. The van der Waals surface area contributed by atoms with Gasteiger partial charge in [0, 0.05) is 12.6 Å². The normalized spacial score (nSPS) is 19.8. The van der Waals surface area contributed by atoms with Crippen molar-refractivity contribution in [3.8, 4) is 0 Å². The lowest BCUT2D eigenvalue weighted by molar-refractivity contribution is -0.127. The minimum Gasteiger partial charge on any atom is -0.475 e. The van der Waals surface area contributed by atoms with E-state index in [-0.39, 0.29) is 17.7 Å². The number of aryl methyl sites for hydroxylation is 1. The molecule has 2 rings (SSSR count). The number of rotatable bonds is 4. The second-order valence-corrected chi connectivity index (χ2v) is 5.13. The number of piperidine rings is 1.